The minimum absolute atomic E-state index is 0.197. The van der Waals surface area contributed by atoms with Crippen LogP contribution in [0.2, 0.25) is 4.34 Å². The fraction of sp³-hybridized carbons (Fsp3) is 0.417. The first-order chi connectivity index (χ1) is 8.60. The highest BCUT2D eigenvalue weighted by molar-refractivity contribution is 7.16. The number of rotatable bonds is 5. The second kappa shape index (κ2) is 5.84. The van der Waals surface area contributed by atoms with E-state index in [-0.39, 0.29) is 6.04 Å². The normalized spacial score (nSPS) is 13.2. The Morgan fingerprint density at radius 1 is 1.56 bits per heavy atom. The number of halogens is 1. The summed E-state index contributed by atoms with van der Waals surface area (Å²) in [6.07, 6.45) is 3.90. The molecule has 6 heteroatoms. The molecule has 0 aliphatic carbocycles. The largest absolute Gasteiger partial charge is 0.329 e. The van der Waals surface area contributed by atoms with Gasteiger partial charge in [-0.2, -0.15) is 5.10 Å². The van der Waals surface area contributed by atoms with Gasteiger partial charge in [-0.3, -0.25) is 9.58 Å². The van der Waals surface area contributed by atoms with Crippen LogP contribution in [0.15, 0.2) is 24.5 Å². The number of likely N-dealkylation sites (N-methyl/N-ethyl adjacent to an activating group) is 1. The SMILES string of the molecule is CN(Cc1cnn(C)c1)C(CN)c1ccc(Cl)s1. The Balaban J connectivity index is 2.08. The van der Waals surface area contributed by atoms with E-state index in [4.69, 9.17) is 17.3 Å². The molecule has 0 amide bonds. The zero-order valence-electron chi connectivity index (χ0n) is 10.5. The van der Waals surface area contributed by atoms with Crippen molar-refractivity contribution in [3.8, 4) is 0 Å². The van der Waals surface area contributed by atoms with Crippen molar-refractivity contribution in [1.82, 2.24) is 14.7 Å². The van der Waals surface area contributed by atoms with Gasteiger partial charge in [0.05, 0.1) is 16.6 Å². The van der Waals surface area contributed by atoms with E-state index in [2.05, 4.69) is 17.0 Å². The average Bonchev–Trinajstić information content (AvgIpc) is 2.89. The maximum atomic E-state index is 5.98. The van der Waals surface area contributed by atoms with Crippen molar-refractivity contribution in [2.24, 2.45) is 12.8 Å². The molecule has 2 N–H and O–H groups in total. The maximum Gasteiger partial charge on any atom is 0.0931 e. The van der Waals surface area contributed by atoms with Crippen LogP contribution in [-0.4, -0.2) is 28.3 Å². The summed E-state index contributed by atoms with van der Waals surface area (Å²) in [4.78, 5) is 3.42. The number of aryl methyl sites for hydroxylation is 1. The van der Waals surface area contributed by atoms with Crippen molar-refractivity contribution in [3.63, 3.8) is 0 Å². The third kappa shape index (κ3) is 3.11. The summed E-state index contributed by atoms with van der Waals surface area (Å²) < 4.78 is 2.61. The maximum absolute atomic E-state index is 5.98. The van der Waals surface area contributed by atoms with Crippen LogP contribution in [0.4, 0.5) is 0 Å². The van der Waals surface area contributed by atoms with Crippen molar-refractivity contribution in [1.29, 1.82) is 0 Å². The van der Waals surface area contributed by atoms with Crippen LogP contribution in [-0.2, 0) is 13.6 Å². The summed E-state index contributed by atoms with van der Waals surface area (Å²) in [5.74, 6) is 0. The second-order valence-electron chi connectivity index (χ2n) is 4.33. The molecule has 2 heterocycles. The van der Waals surface area contributed by atoms with Gasteiger partial charge in [0, 0.05) is 36.8 Å². The highest BCUT2D eigenvalue weighted by Crippen LogP contribution is 2.29. The van der Waals surface area contributed by atoms with E-state index in [1.165, 1.54) is 10.4 Å². The van der Waals surface area contributed by atoms with Gasteiger partial charge in [-0.1, -0.05) is 11.6 Å². The first-order valence-corrected chi connectivity index (χ1v) is 6.92. The van der Waals surface area contributed by atoms with Crippen LogP contribution in [0, 0.1) is 0 Å². The van der Waals surface area contributed by atoms with E-state index in [1.807, 2.05) is 36.3 Å². The highest BCUT2D eigenvalue weighted by atomic mass is 35.5. The van der Waals surface area contributed by atoms with E-state index < -0.39 is 0 Å². The highest BCUT2D eigenvalue weighted by Gasteiger charge is 2.17. The molecule has 2 aromatic rings. The monoisotopic (exact) mass is 284 g/mol. The Morgan fingerprint density at radius 3 is 2.83 bits per heavy atom. The van der Waals surface area contributed by atoms with Gasteiger partial charge in [-0.25, -0.2) is 0 Å². The molecule has 0 radical (unpaired) electrons. The minimum Gasteiger partial charge on any atom is -0.329 e. The summed E-state index contributed by atoms with van der Waals surface area (Å²) >= 11 is 7.56. The van der Waals surface area contributed by atoms with Gasteiger partial charge < -0.3 is 5.73 Å². The molecule has 0 bridgehead atoms. The Morgan fingerprint density at radius 2 is 2.33 bits per heavy atom. The number of nitrogens with two attached hydrogens (primary N) is 1. The zero-order valence-corrected chi connectivity index (χ0v) is 12.1. The summed E-state index contributed by atoms with van der Waals surface area (Å²) in [7, 11) is 3.99. The Bertz CT molecular complexity index is 508. The van der Waals surface area contributed by atoms with Gasteiger partial charge in [-0.15, -0.1) is 11.3 Å². The van der Waals surface area contributed by atoms with E-state index >= 15 is 0 Å². The van der Waals surface area contributed by atoms with Crippen LogP contribution in [0.3, 0.4) is 0 Å². The molecular formula is C12H17ClN4S. The number of hydrogen-bond donors (Lipinski definition) is 1. The smallest absolute Gasteiger partial charge is 0.0931 e. The molecule has 2 rings (SSSR count). The first-order valence-electron chi connectivity index (χ1n) is 5.73. The Hall–Kier alpha value is -0.880. The zero-order chi connectivity index (χ0) is 13.1. The van der Waals surface area contributed by atoms with Crippen LogP contribution in [0.25, 0.3) is 0 Å². The lowest BCUT2D eigenvalue weighted by Crippen LogP contribution is -2.29. The van der Waals surface area contributed by atoms with Gasteiger partial charge in [0.15, 0.2) is 0 Å². The summed E-state index contributed by atoms with van der Waals surface area (Å²) in [6, 6.07) is 4.16. The average molecular weight is 285 g/mol. The molecule has 0 spiro atoms. The van der Waals surface area contributed by atoms with Crippen LogP contribution in [0.1, 0.15) is 16.5 Å². The molecule has 0 saturated heterocycles. The summed E-state index contributed by atoms with van der Waals surface area (Å²) in [6.45, 7) is 1.40. The molecule has 0 aliphatic rings. The van der Waals surface area contributed by atoms with E-state index in [0.717, 1.165) is 10.9 Å². The minimum atomic E-state index is 0.197. The Labute approximate surface area is 116 Å². The molecule has 1 unspecified atom stereocenters. The summed E-state index contributed by atoms with van der Waals surface area (Å²) in [5.41, 5.74) is 7.06. The van der Waals surface area contributed by atoms with Gasteiger partial charge >= 0.3 is 0 Å². The Kier molecular flexibility index (Phi) is 4.40. The lowest BCUT2D eigenvalue weighted by Gasteiger charge is -2.25. The summed E-state index contributed by atoms with van der Waals surface area (Å²) in [5, 5.41) is 4.17. The van der Waals surface area contributed by atoms with Gasteiger partial charge in [0.25, 0.3) is 0 Å². The molecule has 1 atom stereocenters. The number of nitrogens with zero attached hydrogens (tertiary/aromatic N) is 3. The predicted molar refractivity (Wildman–Crippen MR) is 75.8 cm³/mol. The van der Waals surface area contributed by atoms with E-state index in [9.17, 15) is 0 Å². The number of hydrogen-bond acceptors (Lipinski definition) is 4. The molecule has 18 heavy (non-hydrogen) atoms. The van der Waals surface area contributed by atoms with Crippen molar-refractivity contribution in [2.45, 2.75) is 12.6 Å². The molecular weight excluding hydrogens is 268 g/mol. The molecule has 0 fully saturated rings. The lowest BCUT2D eigenvalue weighted by molar-refractivity contribution is 0.245. The molecule has 4 nitrogen and oxygen atoms in total. The van der Waals surface area contributed by atoms with Crippen molar-refractivity contribution in [3.05, 3.63) is 39.3 Å². The van der Waals surface area contributed by atoms with Crippen molar-refractivity contribution < 1.29 is 0 Å². The van der Waals surface area contributed by atoms with Gasteiger partial charge in [0.1, 0.15) is 0 Å². The van der Waals surface area contributed by atoms with E-state index in [1.54, 1.807) is 11.3 Å². The lowest BCUT2D eigenvalue weighted by atomic mass is 10.2. The van der Waals surface area contributed by atoms with Gasteiger partial charge in [0.2, 0.25) is 0 Å². The third-order valence-corrected chi connectivity index (χ3v) is 4.20. The molecule has 2 aromatic heterocycles. The predicted octanol–water partition coefficient (Wildman–Crippen LogP) is 2.27. The van der Waals surface area contributed by atoms with Crippen LogP contribution >= 0.6 is 22.9 Å². The molecule has 0 aromatic carbocycles. The molecule has 0 saturated carbocycles. The standard InChI is InChI=1S/C12H17ClN4S/c1-16(7-9-6-15-17(2)8-9)10(5-14)11-3-4-12(13)18-11/h3-4,6,8,10H,5,7,14H2,1-2H3. The number of thiophene rings is 1. The topological polar surface area (TPSA) is 47.1 Å². The third-order valence-electron chi connectivity index (χ3n) is 2.87. The van der Waals surface area contributed by atoms with Crippen LogP contribution < -0.4 is 5.73 Å². The molecule has 98 valence electrons. The fourth-order valence-corrected chi connectivity index (χ4v) is 3.21. The quantitative estimate of drug-likeness (QED) is 0.916. The van der Waals surface area contributed by atoms with Gasteiger partial charge in [-0.05, 0) is 19.2 Å². The van der Waals surface area contributed by atoms with E-state index in [0.29, 0.717) is 6.54 Å². The molecule has 0 aliphatic heterocycles. The fourth-order valence-electron chi connectivity index (χ4n) is 1.97. The van der Waals surface area contributed by atoms with Crippen LogP contribution in [0.5, 0.6) is 0 Å². The van der Waals surface area contributed by atoms with Crippen molar-refractivity contribution in [2.75, 3.05) is 13.6 Å². The second-order valence-corrected chi connectivity index (χ2v) is 6.08. The van der Waals surface area contributed by atoms with Crippen molar-refractivity contribution >= 4 is 22.9 Å². The first kappa shape index (κ1) is 13.5. The number of aromatic nitrogens is 2.